The molecule has 2 N–H and O–H groups in total. The van der Waals surface area contributed by atoms with Crippen LogP contribution in [0.3, 0.4) is 0 Å². The quantitative estimate of drug-likeness (QED) is 0.222. The van der Waals surface area contributed by atoms with Crippen molar-refractivity contribution in [3.63, 3.8) is 0 Å². The molecule has 1 aliphatic carbocycles. The van der Waals surface area contributed by atoms with Crippen molar-refractivity contribution in [3.05, 3.63) is 37.0 Å². The summed E-state index contributed by atoms with van der Waals surface area (Å²) in [6.07, 6.45) is 26.9. The molecule has 2 nitrogen and oxygen atoms in total. The smallest absolute Gasteiger partial charge is 0.0770 e. The summed E-state index contributed by atoms with van der Waals surface area (Å²) < 4.78 is 0. The average Bonchev–Trinajstić information content (AvgIpc) is 3.13. The highest BCUT2D eigenvalue weighted by molar-refractivity contribution is 5.10. The normalized spacial score (nSPS) is 21.7. The Hall–Kier alpha value is -0.860. The van der Waals surface area contributed by atoms with Crippen molar-refractivity contribution >= 4 is 0 Å². The first-order valence-corrected chi connectivity index (χ1v) is 11.5. The van der Waals surface area contributed by atoms with Crippen LogP contribution in [0.1, 0.15) is 90.4 Å². The second-order valence-corrected chi connectivity index (χ2v) is 8.34. The van der Waals surface area contributed by atoms with Gasteiger partial charge in [0.1, 0.15) is 0 Å². The number of hydrogen-bond acceptors (Lipinski definition) is 2. The molecule has 0 heterocycles. The van der Waals surface area contributed by atoms with Gasteiger partial charge in [0.05, 0.1) is 12.7 Å². The topological polar surface area (TPSA) is 40.5 Å². The molecule has 1 rings (SSSR count). The molecule has 0 aromatic carbocycles. The van der Waals surface area contributed by atoms with Crippen molar-refractivity contribution in [2.45, 2.75) is 96.5 Å². The highest BCUT2D eigenvalue weighted by Crippen LogP contribution is 2.31. The largest absolute Gasteiger partial charge is 0.394 e. The minimum atomic E-state index is -0.524. The number of unbranched alkanes of at least 4 members (excludes halogenated alkanes) is 6. The maximum Gasteiger partial charge on any atom is 0.0770 e. The number of rotatable bonds is 17. The number of allylic oxidation sites excluding steroid dienone is 5. The van der Waals surface area contributed by atoms with E-state index in [1.165, 1.54) is 57.8 Å². The molecule has 1 unspecified atom stereocenters. The molecule has 0 aliphatic heterocycles. The monoisotopic (exact) mass is 376 g/mol. The molecule has 1 aliphatic rings. The third kappa shape index (κ3) is 11.5. The summed E-state index contributed by atoms with van der Waals surface area (Å²) in [7, 11) is 0. The summed E-state index contributed by atoms with van der Waals surface area (Å²) in [5.74, 6) is 2.03. The Morgan fingerprint density at radius 2 is 1.81 bits per heavy atom. The van der Waals surface area contributed by atoms with Gasteiger partial charge in [0.2, 0.25) is 0 Å². The second kappa shape index (κ2) is 16.1. The van der Waals surface area contributed by atoms with Crippen LogP contribution in [-0.4, -0.2) is 22.9 Å². The van der Waals surface area contributed by atoms with Crippen molar-refractivity contribution in [2.75, 3.05) is 6.61 Å². The van der Waals surface area contributed by atoms with Crippen LogP contribution in [0, 0.1) is 17.8 Å². The fourth-order valence-corrected chi connectivity index (χ4v) is 4.06. The van der Waals surface area contributed by atoms with Crippen molar-refractivity contribution < 1.29 is 10.2 Å². The van der Waals surface area contributed by atoms with Crippen LogP contribution in [0.25, 0.3) is 0 Å². The third-order valence-corrected chi connectivity index (χ3v) is 5.97. The molecule has 2 heteroatoms. The number of aliphatic hydroxyl groups is 2. The summed E-state index contributed by atoms with van der Waals surface area (Å²) in [5, 5.41) is 18.2. The van der Waals surface area contributed by atoms with E-state index < -0.39 is 6.10 Å². The van der Waals surface area contributed by atoms with Gasteiger partial charge < -0.3 is 10.2 Å². The van der Waals surface area contributed by atoms with Gasteiger partial charge in [-0.1, -0.05) is 88.7 Å². The third-order valence-electron chi connectivity index (χ3n) is 5.97. The van der Waals surface area contributed by atoms with Crippen molar-refractivity contribution in [2.24, 2.45) is 17.8 Å². The van der Waals surface area contributed by atoms with Crippen LogP contribution in [-0.2, 0) is 0 Å². The first-order valence-electron chi connectivity index (χ1n) is 11.5. The fourth-order valence-electron chi connectivity index (χ4n) is 4.06. The predicted octanol–water partition coefficient (Wildman–Crippen LogP) is 6.59. The van der Waals surface area contributed by atoms with Gasteiger partial charge in [-0.15, -0.1) is 6.58 Å². The average molecular weight is 377 g/mol. The first-order chi connectivity index (χ1) is 13.2. The zero-order valence-corrected chi connectivity index (χ0v) is 17.7. The van der Waals surface area contributed by atoms with Gasteiger partial charge in [-0.05, 0) is 49.9 Å². The zero-order chi connectivity index (χ0) is 19.7. The summed E-state index contributed by atoms with van der Waals surface area (Å²) in [4.78, 5) is 0. The Bertz CT molecular complexity index is 413. The van der Waals surface area contributed by atoms with E-state index in [0.29, 0.717) is 11.8 Å². The summed E-state index contributed by atoms with van der Waals surface area (Å²) in [5.41, 5.74) is 0. The van der Waals surface area contributed by atoms with E-state index in [2.05, 4.69) is 43.9 Å². The Labute approximate surface area is 168 Å². The number of aliphatic hydroxyl groups excluding tert-OH is 2. The molecular weight excluding hydrogens is 332 g/mol. The zero-order valence-electron chi connectivity index (χ0n) is 17.7. The highest BCUT2D eigenvalue weighted by atomic mass is 16.3. The standard InChI is InChI=1S/C25H44O2/c1-3-5-6-9-14-22(4-2)15-12-17-24-19-13-18-23(24)16-10-7-8-11-20-25(27)21-26/h4,12-13,17,19,22-27H,2-3,5-11,14-16,18,20-21H2,1H3/t22-,23-,24-,25?/m0/s1. The molecular formula is C25H44O2. The van der Waals surface area contributed by atoms with Crippen LogP contribution in [0.5, 0.6) is 0 Å². The summed E-state index contributed by atoms with van der Waals surface area (Å²) in [6, 6.07) is 0. The van der Waals surface area contributed by atoms with Crippen molar-refractivity contribution in [3.8, 4) is 0 Å². The molecule has 0 aromatic rings. The second-order valence-electron chi connectivity index (χ2n) is 8.34. The van der Waals surface area contributed by atoms with Gasteiger partial charge >= 0.3 is 0 Å². The predicted molar refractivity (Wildman–Crippen MR) is 118 cm³/mol. The van der Waals surface area contributed by atoms with E-state index in [9.17, 15) is 5.11 Å². The van der Waals surface area contributed by atoms with Crippen LogP contribution < -0.4 is 0 Å². The van der Waals surface area contributed by atoms with E-state index >= 15 is 0 Å². The maximum absolute atomic E-state index is 9.36. The highest BCUT2D eigenvalue weighted by Gasteiger charge is 2.19. The van der Waals surface area contributed by atoms with Crippen LogP contribution in [0.4, 0.5) is 0 Å². The Balaban J connectivity index is 2.18. The molecule has 0 amide bonds. The van der Waals surface area contributed by atoms with E-state index in [1.807, 2.05) is 0 Å². The van der Waals surface area contributed by atoms with Gasteiger partial charge in [0, 0.05) is 0 Å². The molecule has 0 aromatic heterocycles. The van der Waals surface area contributed by atoms with Gasteiger partial charge in [-0.25, -0.2) is 0 Å². The molecule has 0 radical (unpaired) electrons. The van der Waals surface area contributed by atoms with Gasteiger partial charge in [-0.3, -0.25) is 0 Å². The number of hydrogen-bond donors (Lipinski definition) is 2. The molecule has 4 atom stereocenters. The molecule has 0 spiro atoms. The SMILES string of the molecule is C=C[C@H](CC=C[C@H]1C=CC[C@@H]1CCCCCCC(O)CO)CCCCCC. The van der Waals surface area contributed by atoms with Crippen LogP contribution in [0.15, 0.2) is 37.0 Å². The van der Waals surface area contributed by atoms with E-state index in [0.717, 1.165) is 31.6 Å². The van der Waals surface area contributed by atoms with Crippen molar-refractivity contribution in [1.82, 2.24) is 0 Å². The molecule has 27 heavy (non-hydrogen) atoms. The molecule has 0 saturated heterocycles. The van der Waals surface area contributed by atoms with Gasteiger partial charge in [-0.2, -0.15) is 0 Å². The fraction of sp³-hybridized carbons (Fsp3) is 0.760. The van der Waals surface area contributed by atoms with Gasteiger partial charge in [0.25, 0.3) is 0 Å². The van der Waals surface area contributed by atoms with E-state index in [-0.39, 0.29) is 6.61 Å². The van der Waals surface area contributed by atoms with E-state index in [4.69, 9.17) is 5.11 Å². The molecule has 0 bridgehead atoms. The lowest BCUT2D eigenvalue weighted by Gasteiger charge is -2.17. The maximum atomic E-state index is 9.36. The summed E-state index contributed by atoms with van der Waals surface area (Å²) in [6.45, 7) is 6.19. The Kier molecular flexibility index (Phi) is 14.4. The lowest BCUT2D eigenvalue weighted by Crippen LogP contribution is -2.11. The molecule has 0 saturated carbocycles. The first kappa shape index (κ1) is 24.2. The minimum Gasteiger partial charge on any atom is -0.394 e. The van der Waals surface area contributed by atoms with Gasteiger partial charge in [0.15, 0.2) is 0 Å². The van der Waals surface area contributed by atoms with Crippen molar-refractivity contribution in [1.29, 1.82) is 0 Å². The lowest BCUT2D eigenvalue weighted by atomic mass is 9.88. The Morgan fingerprint density at radius 1 is 1.07 bits per heavy atom. The molecule has 156 valence electrons. The van der Waals surface area contributed by atoms with E-state index in [1.54, 1.807) is 0 Å². The minimum absolute atomic E-state index is 0.104. The van der Waals surface area contributed by atoms with Crippen LogP contribution in [0.2, 0.25) is 0 Å². The van der Waals surface area contributed by atoms with Crippen LogP contribution >= 0.6 is 0 Å². The summed E-state index contributed by atoms with van der Waals surface area (Å²) >= 11 is 0. The lowest BCUT2D eigenvalue weighted by molar-refractivity contribution is 0.0859. The molecule has 0 fully saturated rings. The Morgan fingerprint density at radius 3 is 2.56 bits per heavy atom.